The van der Waals surface area contributed by atoms with E-state index in [1.807, 2.05) is 24.3 Å². The Morgan fingerprint density at radius 2 is 1.88 bits per heavy atom. The van der Waals surface area contributed by atoms with Crippen LogP contribution in [0, 0.1) is 0 Å². The quantitative estimate of drug-likeness (QED) is 0.875. The Labute approximate surface area is 149 Å². The number of para-hydroxylation sites is 1. The highest BCUT2D eigenvalue weighted by atomic mass is 16.6. The highest BCUT2D eigenvalue weighted by molar-refractivity contribution is 5.79. The lowest BCUT2D eigenvalue weighted by Gasteiger charge is -2.30. The molecule has 1 heterocycles. The van der Waals surface area contributed by atoms with Crippen molar-refractivity contribution in [3.8, 4) is 5.75 Å². The van der Waals surface area contributed by atoms with Gasteiger partial charge in [0.2, 0.25) is 5.91 Å². The first kappa shape index (κ1) is 19.1. The third-order valence-corrected chi connectivity index (χ3v) is 3.74. The van der Waals surface area contributed by atoms with Gasteiger partial charge in [0.25, 0.3) is 0 Å². The van der Waals surface area contributed by atoms with Crippen LogP contribution in [0.4, 0.5) is 4.79 Å². The monoisotopic (exact) mass is 348 g/mol. The van der Waals surface area contributed by atoms with Crippen molar-refractivity contribution in [3.63, 3.8) is 0 Å². The summed E-state index contributed by atoms with van der Waals surface area (Å²) in [5.74, 6) is 0.688. The Bertz CT molecular complexity index is 635. The summed E-state index contributed by atoms with van der Waals surface area (Å²) in [5.41, 5.74) is -0.300. The zero-order valence-electron chi connectivity index (χ0n) is 15.6. The van der Waals surface area contributed by atoms with Crippen LogP contribution in [-0.2, 0) is 9.53 Å². The largest absolute Gasteiger partial charge is 0.493 e. The van der Waals surface area contributed by atoms with Crippen molar-refractivity contribution in [2.24, 2.45) is 0 Å². The van der Waals surface area contributed by atoms with E-state index in [1.54, 1.807) is 34.6 Å². The molecule has 2 rings (SSSR count). The molecule has 0 radical (unpaired) electrons. The summed E-state index contributed by atoms with van der Waals surface area (Å²) in [6.45, 7) is 9.57. The van der Waals surface area contributed by atoms with Gasteiger partial charge in [0.1, 0.15) is 11.4 Å². The summed E-state index contributed by atoms with van der Waals surface area (Å²) in [5, 5.41) is 5.80. The average Bonchev–Trinajstić information content (AvgIpc) is 2.44. The normalized spacial score (nSPS) is 17.1. The molecule has 1 atom stereocenters. The van der Waals surface area contributed by atoms with Gasteiger partial charge in [-0.15, -0.1) is 0 Å². The number of rotatable bonds is 4. The smallest absolute Gasteiger partial charge is 0.408 e. The summed E-state index contributed by atoms with van der Waals surface area (Å²) in [4.78, 5) is 24.4. The number of hydrogen-bond donors (Lipinski definition) is 2. The molecule has 0 unspecified atom stereocenters. The lowest BCUT2D eigenvalue weighted by Crippen LogP contribution is -2.48. The number of carbonyl (C=O) groups is 2. The highest BCUT2D eigenvalue weighted by Crippen LogP contribution is 2.31. The Balaban J connectivity index is 1.92. The molecule has 6 heteroatoms. The van der Waals surface area contributed by atoms with Gasteiger partial charge in [-0.25, -0.2) is 4.79 Å². The Kier molecular flexibility index (Phi) is 5.60. The fourth-order valence-electron chi connectivity index (χ4n) is 2.76. The average molecular weight is 348 g/mol. The van der Waals surface area contributed by atoms with Crippen LogP contribution in [0.5, 0.6) is 5.75 Å². The van der Waals surface area contributed by atoms with Gasteiger partial charge in [0.15, 0.2) is 0 Å². The molecule has 1 aromatic rings. The summed E-state index contributed by atoms with van der Waals surface area (Å²) in [6.07, 6.45) is 0.357. The number of alkyl carbamates (subject to hydrolysis) is 1. The van der Waals surface area contributed by atoms with Crippen LogP contribution in [0.15, 0.2) is 24.3 Å². The van der Waals surface area contributed by atoms with E-state index in [-0.39, 0.29) is 18.4 Å². The predicted octanol–water partition coefficient (Wildman–Crippen LogP) is 3.32. The molecule has 138 valence electrons. The SMILES string of the molecule is CC(C)(CC(=O)N[C@H]1CCOc2ccccc21)NC(=O)OC(C)(C)C. The highest BCUT2D eigenvalue weighted by Gasteiger charge is 2.29. The molecule has 2 amide bonds. The van der Waals surface area contributed by atoms with E-state index in [9.17, 15) is 9.59 Å². The van der Waals surface area contributed by atoms with Crippen molar-refractivity contribution in [3.05, 3.63) is 29.8 Å². The fraction of sp³-hybridized carbons (Fsp3) is 0.579. The molecule has 0 spiro atoms. The molecule has 1 aliphatic rings. The minimum Gasteiger partial charge on any atom is -0.493 e. The van der Waals surface area contributed by atoms with Crippen LogP contribution in [0.25, 0.3) is 0 Å². The molecule has 0 aromatic heterocycles. The number of ether oxygens (including phenoxy) is 2. The van der Waals surface area contributed by atoms with Crippen LogP contribution >= 0.6 is 0 Å². The van der Waals surface area contributed by atoms with Crippen molar-refractivity contribution >= 4 is 12.0 Å². The molecule has 1 aromatic carbocycles. The number of nitrogens with one attached hydrogen (secondary N) is 2. The first-order chi connectivity index (χ1) is 11.6. The third-order valence-electron chi connectivity index (χ3n) is 3.74. The first-order valence-electron chi connectivity index (χ1n) is 8.58. The van der Waals surface area contributed by atoms with E-state index in [2.05, 4.69) is 10.6 Å². The molecule has 1 aliphatic heterocycles. The first-order valence-corrected chi connectivity index (χ1v) is 8.58. The van der Waals surface area contributed by atoms with E-state index < -0.39 is 17.2 Å². The fourth-order valence-corrected chi connectivity index (χ4v) is 2.76. The van der Waals surface area contributed by atoms with Gasteiger partial charge in [0.05, 0.1) is 12.6 Å². The van der Waals surface area contributed by atoms with Crippen LogP contribution < -0.4 is 15.4 Å². The van der Waals surface area contributed by atoms with E-state index in [0.717, 1.165) is 17.7 Å². The Morgan fingerprint density at radius 1 is 1.20 bits per heavy atom. The second-order valence-corrected chi connectivity index (χ2v) is 7.98. The third kappa shape index (κ3) is 5.96. The maximum atomic E-state index is 12.5. The maximum absolute atomic E-state index is 12.5. The lowest BCUT2D eigenvalue weighted by molar-refractivity contribution is -0.123. The number of benzene rings is 1. The van der Waals surface area contributed by atoms with Gasteiger partial charge in [-0.05, 0) is 40.7 Å². The number of carbonyl (C=O) groups excluding carboxylic acids is 2. The molecule has 0 bridgehead atoms. The van der Waals surface area contributed by atoms with Gasteiger partial charge in [0, 0.05) is 23.9 Å². The molecule has 25 heavy (non-hydrogen) atoms. The van der Waals surface area contributed by atoms with E-state index in [1.165, 1.54) is 0 Å². The van der Waals surface area contributed by atoms with Crippen molar-refractivity contribution in [2.45, 2.75) is 64.6 Å². The molecule has 6 nitrogen and oxygen atoms in total. The Hall–Kier alpha value is -2.24. The van der Waals surface area contributed by atoms with Gasteiger partial charge < -0.3 is 20.1 Å². The minimum absolute atomic E-state index is 0.0743. The van der Waals surface area contributed by atoms with Crippen molar-refractivity contribution < 1.29 is 19.1 Å². The predicted molar refractivity (Wildman–Crippen MR) is 95.5 cm³/mol. The molecular formula is C19H28N2O4. The minimum atomic E-state index is -0.711. The number of fused-ring (bicyclic) bond motifs is 1. The topological polar surface area (TPSA) is 76.7 Å². The van der Waals surface area contributed by atoms with Crippen LogP contribution in [0.1, 0.15) is 59.1 Å². The molecule has 0 saturated heterocycles. The summed E-state index contributed by atoms with van der Waals surface area (Å²) in [6, 6.07) is 7.64. The number of amides is 2. The second-order valence-electron chi connectivity index (χ2n) is 7.98. The lowest BCUT2D eigenvalue weighted by atomic mass is 9.97. The van der Waals surface area contributed by atoms with Gasteiger partial charge in [-0.1, -0.05) is 18.2 Å². The van der Waals surface area contributed by atoms with Crippen LogP contribution in [0.3, 0.4) is 0 Å². The van der Waals surface area contributed by atoms with E-state index >= 15 is 0 Å². The van der Waals surface area contributed by atoms with Crippen molar-refractivity contribution in [1.82, 2.24) is 10.6 Å². The summed E-state index contributed by atoms with van der Waals surface area (Å²) in [7, 11) is 0. The van der Waals surface area contributed by atoms with Crippen molar-refractivity contribution in [2.75, 3.05) is 6.61 Å². The standard InChI is InChI=1S/C19H28N2O4/c1-18(2,3)25-17(23)21-19(4,5)12-16(22)20-14-10-11-24-15-9-7-6-8-13(14)15/h6-9,14H,10-12H2,1-5H3,(H,20,22)(H,21,23)/t14-/m0/s1. The molecule has 0 fully saturated rings. The van der Waals surface area contributed by atoms with Crippen LogP contribution in [0.2, 0.25) is 0 Å². The second kappa shape index (κ2) is 7.33. The van der Waals surface area contributed by atoms with Gasteiger partial charge >= 0.3 is 6.09 Å². The van der Waals surface area contributed by atoms with Crippen molar-refractivity contribution in [1.29, 1.82) is 0 Å². The Morgan fingerprint density at radius 3 is 2.56 bits per heavy atom. The zero-order valence-corrected chi connectivity index (χ0v) is 15.6. The summed E-state index contributed by atoms with van der Waals surface area (Å²) >= 11 is 0. The maximum Gasteiger partial charge on any atom is 0.408 e. The molecular weight excluding hydrogens is 320 g/mol. The number of hydrogen-bond acceptors (Lipinski definition) is 4. The van der Waals surface area contributed by atoms with E-state index in [0.29, 0.717) is 6.61 Å². The van der Waals surface area contributed by atoms with Crippen LogP contribution in [-0.4, -0.2) is 29.7 Å². The molecule has 2 N–H and O–H groups in total. The van der Waals surface area contributed by atoms with Gasteiger partial charge in [-0.3, -0.25) is 4.79 Å². The zero-order chi connectivity index (χ0) is 18.7. The molecule has 0 aliphatic carbocycles. The summed E-state index contributed by atoms with van der Waals surface area (Å²) < 4.78 is 10.9. The van der Waals surface area contributed by atoms with Gasteiger partial charge in [-0.2, -0.15) is 0 Å². The molecule has 0 saturated carbocycles. The van der Waals surface area contributed by atoms with E-state index in [4.69, 9.17) is 9.47 Å².